The number of aliphatic carboxylic acids is 1. The number of hydrogen-bond acceptors (Lipinski definition) is 4. The van der Waals surface area contributed by atoms with E-state index in [9.17, 15) is 9.90 Å². The summed E-state index contributed by atoms with van der Waals surface area (Å²) >= 11 is 0. The van der Waals surface area contributed by atoms with Gasteiger partial charge in [0.1, 0.15) is 0 Å². The summed E-state index contributed by atoms with van der Waals surface area (Å²) in [4.78, 5) is 10.0. The normalized spacial score (nSPS) is 12.3. The molecule has 0 saturated heterocycles. The SMILES string of the molecule is CCCCCC[N+](CCCCCC)(CCCCCC)CCCCCC.NCCCC[C@H](N)C(=O)[O-]. The lowest BCUT2D eigenvalue weighted by Gasteiger charge is -2.39. The fourth-order valence-corrected chi connectivity index (χ4v) is 4.79. The van der Waals surface area contributed by atoms with Gasteiger partial charge in [-0.2, -0.15) is 0 Å². The van der Waals surface area contributed by atoms with Gasteiger partial charge in [0.25, 0.3) is 0 Å². The van der Waals surface area contributed by atoms with Crippen LogP contribution in [-0.4, -0.2) is 49.2 Å². The first-order valence-electron chi connectivity index (χ1n) is 15.4. The van der Waals surface area contributed by atoms with E-state index in [-0.39, 0.29) is 0 Å². The Labute approximate surface area is 220 Å². The number of carboxylic acid groups (broad SMARTS) is 1. The molecule has 0 rings (SSSR count). The first kappa shape index (κ1) is 36.5. The van der Waals surface area contributed by atoms with Crippen molar-refractivity contribution < 1.29 is 14.4 Å². The molecule has 0 amide bonds. The van der Waals surface area contributed by atoms with Gasteiger partial charge in [-0.05, 0) is 70.8 Å². The number of nitrogens with zero attached hydrogens (tertiary/aromatic N) is 1. The summed E-state index contributed by atoms with van der Waals surface area (Å²) in [6.07, 6.45) is 24.9. The van der Waals surface area contributed by atoms with E-state index < -0.39 is 12.0 Å². The largest absolute Gasteiger partial charge is 0.548 e. The number of nitrogens with two attached hydrogens (primary N) is 2. The molecule has 0 aromatic rings. The lowest BCUT2D eigenvalue weighted by molar-refractivity contribution is -0.929. The fourth-order valence-electron chi connectivity index (χ4n) is 4.79. The van der Waals surface area contributed by atoms with Crippen LogP contribution >= 0.6 is 0 Å². The minimum Gasteiger partial charge on any atom is -0.548 e. The average Bonchev–Trinajstić information content (AvgIpc) is 2.85. The Bertz CT molecular complexity index is 378. The topological polar surface area (TPSA) is 92.2 Å². The monoisotopic (exact) mass is 500 g/mol. The maximum Gasteiger partial charge on any atom is 0.0786 e. The molecule has 0 aliphatic carbocycles. The van der Waals surface area contributed by atoms with Crippen LogP contribution in [0, 0.1) is 0 Å². The van der Waals surface area contributed by atoms with Crippen molar-refractivity contribution >= 4 is 5.97 Å². The molecule has 0 spiro atoms. The number of hydrogen-bond donors (Lipinski definition) is 2. The third-order valence-corrected chi connectivity index (χ3v) is 7.22. The lowest BCUT2D eigenvalue weighted by Crippen LogP contribution is -2.50. The molecule has 0 bridgehead atoms. The van der Waals surface area contributed by atoms with Crippen LogP contribution < -0.4 is 16.6 Å². The Balaban J connectivity index is 0. The molecule has 0 heterocycles. The van der Waals surface area contributed by atoms with Crippen molar-refractivity contribution in [2.24, 2.45) is 11.5 Å². The van der Waals surface area contributed by atoms with Crippen LogP contribution in [0.15, 0.2) is 0 Å². The van der Waals surface area contributed by atoms with Crippen molar-refractivity contribution in [2.45, 2.75) is 156 Å². The first-order chi connectivity index (χ1) is 16.9. The van der Waals surface area contributed by atoms with Gasteiger partial charge in [0.15, 0.2) is 0 Å². The molecule has 5 nitrogen and oxygen atoms in total. The highest BCUT2D eigenvalue weighted by molar-refractivity contribution is 5.70. The number of quaternary nitrogens is 1. The van der Waals surface area contributed by atoms with E-state index in [1.807, 2.05) is 0 Å². The van der Waals surface area contributed by atoms with Crippen LogP contribution in [0.4, 0.5) is 0 Å². The maximum atomic E-state index is 10.0. The van der Waals surface area contributed by atoms with Crippen LogP contribution in [0.2, 0.25) is 0 Å². The third kappa shape index (κ3) is 24.8. The summed E-state index contributed by atoms with van der Waals surface area (Å²) in [5, 5.41) is 10.0. The highest BCUT2D eigenvalue weighted by atomic mass is 16.4. The van der Waals surface area contributed by atoms with Gasteiger partial charge in [-0.15, -0.1) is 0 Å². The Morgan fingerprint density at radius 1 is 0.600 bits per heavy atom. The minimum atomic E-state index is -1.18. The zero-order chi connectivity index (χ0) is 26.6. The number of carboxylic acids is 1. The molecule has 0 radical (unpaired) electrons. The number of unbranched alkanes of at least 4 members (excludes halogenated alkanes) is 13. The molecule has 5 heteroatoms. The molecule has 0 aromatic heterocycles. The van der Waals surface area contributed by atoms with Crippen molar-refractivity contribution in [2.75, 3.05) is 32.7 Å². The molecule has 1 atom stereocenters. The van der Waals surface area contributed by atoms with Crippen molar-refractivity contribution in [3.05, 3.63) is 0 Å². The van der Waals surface area contributed by atoms with Crippen LogP contribution in [0.5, 0.6) is 0 Å². The summed E-state index contributed by atoms with van der Waals surface area (Å²) < 4.78 is 1.46. The van der Waals surface area contributed by atoms with Gasteiger partial charge in [0, 0.05) is 6.04 Å². The molecule has 0 aliphatic rings. The van der Waals surface area contributed by atoms with Gasteiger partial charge in [0.2, 0.25) is 0 Å². The predicted octanol–water partition coefficient (Wildman–Crippen LogP) is 6.32. The standard InChI is InChI=1S/C24H52N.C6H14N2O2/c1-5-9-13-17-21-25(22-18-14-10-6-2,23-19-15-11-7-3)24-20-16-12-8-4;7-4-2-1-3-5(8)6(9)10/h5-24H2,1-4H3;5H,1-4,7-8H2,(H,9,10)/q+1;/p-1/t;5-/m.0/s1. The van der Waals surface area contributed by atoms with E-state index in [4.69, 9.17) is 11.5 Å². The van der Waals surface area contributed by atoms with E-state index in [0.29, 0.717) is 13.0 Å². The van der Waals surface area contributed by atoms with Gasteiger partial charge in [0.05, 0.1) is 32.1 Å². The number of carbonyl (C=O) groups is 1. The summed E-state index contributed by atoms with van der Waals surface area (Å²) in [6, 6.07) is -0.827. The Morgan fingerprint density at radius 3 is 1.20 bits per heavy atom. The van der Waals surface area contributed by atoms with E-state index in [2.05, 4.69) is 27.7 Å². The quantitative estimate of drug-likeness (QED) is 0.114. The summed E-state index contributed by atoms with van der Waals surface area (Å²) in [5.41, 5.74) is 10.3. The average molecular weight is 500 g/mol. The smallest absolute Gasteiger partial charge is 0.0786 e. The number of carbonyl (C=O) groups excluding carboxylic acids is 1. The zero-order valence-corrected chi connectivity index (χ0v) is 24.5. The molecular weight excluding hydrogens is 434 g/mol. The summed E-state index contributed by atoms with van der Waals surface area (Å²) in [5.74, 6) is -1.18. The van der Waals surface area contributed by atoms with E-state index in [0.717, 1.165) is 12.8 Å². The van der Waals surface area contributed by atoms with Crippen LogP contribution in [-0.2, 0) is 4.79 Å². The summed E-state index contributed by atoms with van der Waals surface area (Å²) in [6.45, 7) is 15.8. The molecule has 35 heavy (non-hydrogen) atoms. The van der Waals surface area contributed by atoms with Crippen molar-refractivity contribution in [3.63, 3.8) is 0 Å². The van der Waals surface area contributed by atoms with E-state index in [1.54, 1.807) is 0 Å². The Morgan fingerprint density at radius 2 is 0.943 bits per heavy atom. The lowest BCUT2D eigenvalue weighted by atomic mass is 10.1. The highest BCUT2D eigenvalue weighted by Crippen LogP contribution is 2.19. The molecule has 4 N–H and O–H groups in total. The maximum absolute atomic E-state index is 10.0. The van der Waals surface area contributed by atoms with Crippen molar-refractivity contribution in [1.82, 2.24) is 0 Å². The van der Waals surface area contributed by atoms with Crippen molar-refractivity contribution in [1.29, 1.82) is 0 Å². The van der Waals surface area contributed by atoms with Gasteiger partial charge in [-0.25, -0.2) is 0 Å². The molecule has 0 aliphatic heterocycles. The first-order valence-corrected chi connectivity index (χ1v) is 15.4. The summed E-state index contributed by atoms with van der Waals surface area (Å²) in [7, 11) is 0. The minimum absolute atomic E-state index is 0.458. The predicted molar refractivity (Wildman–Crippen MR) is 152 cm³/mol. The second-order valence-corrected chi connectivity index (χ2v) is 10.7. The van der Waals surface area contributed by atoms with Gasteiger partial charge < -0.3 is 25.9 Å². The molecule has 0 aromatic carbocycles. The fraction of sp³-hybridized carbons (Fsp3) is 0.967. The Kier molecular flexibility index (Phi) is 29.1. The third-order valence-electron chi connectivity index (χ3n) is 7.22. The highest BCUT2D eigenvalue weighted by Gasteiger charge is 2.25. The van der Waals surface area contributed by atoms with Gasteiger partial charge in [-0.3, -0.25) is 0 Å². The molecule has 0 fully saturated rings. The Hall–Kier alpha value is -0.650. The number of rotatable bonds is 25. The van der Waals surface area contributed by atoms with E-state index >= 15 is 0 Å². The van der Waals surface area contributed by atoms with E-state index in [1.165, 1.54) is 133 Å². The van der Waals surface area contributed by atoms with Gasteiger partial charge in [-0.1, -0.05) is 85.5 Å². The van der Waals surface area contributed by atoms with Crippen molar-refractivity contribution in [3.8, 4) is 0 Å². The second-order valence-electron chi connectivity index (χ2n) is 10.7. The van der Waals surface area contributed by atoms with Crippen LogP contribution in [0.3, 0.4) is 0 Å². The molecule has 212 valence electrons. The van der Waals surface area contributed by atoms with Gasteiger partial charge >= 0.3 is 0 Å². The molecule has 0 saturated carbocycles. The zero-order valence-electron chi connectivity index (χ0n) is 24.5. The second kappa shape index (κ2) is 27.9. The van der Waals surface area contributed by atoms with Crippen LogP contribution in [0.25, 0.3) is 0 Å². The molecular formula is C30H65N3O2. The van der Waals surface area contributed by atoms with Crippen LogP contribution in [0.1, 0.15) is 150 Å². The molecule has 0 unspecified atom stereocenters.